The summed E-state index contributed by atoms with van der Waals surface area (Å²) < 4.78 is 13.7. The Morgan fingerprint density at radius 2 is 2.21 bits per heavy atom. The first-order valence-corrected chi connectivity index (χ1v) is 6.77. The molecule has 0 N–H and O–H groups in total. The molecule has 2 bridgehead atoms. The van der Waals surface area contributed by atoms with Crippen LogP contribution in [0.4, 0.5) is 0 Å². The number of fused-ring (bicyclic) bond motifs is 5. The van der Waals surface area contributed by atoms with Gasteiger partial charge in [-0.15, -0.1) is 0 Å². The Hall–Kier alpha value is 0.310. The lowest BCUT2D eigenvalue weighted by Crippen LogP contribution is -2.31. The molecule has 0 aromatic rings. The largest absolute Gasteiger partial charge is 0.325 e. The lowest BCUT2D eigenvalue weighted by molar-refractivity contribution is 0.171. The van der Waals surface area contributed by atoms with Crippen LogP contribution in [0.15, 0.2) is 0 Å². The summed E-state index contributed by atoms with van der Waals surface area (Å²) in [7, 11) is 1.08. The summed E-state index contributed by atoms with van der Waals surface area (Å²) in [5.74, 6) is 1.71. The highest BCUT2D eigenvalue weighted by Gasteiger charge is 2.49. The van der Waals surface area contributed by atoms with Gasteiger partial charge >= 0.3 is 0 Å². The maximum atomic E-state index is 5.77. The molecule has 0 spiro atoms. The Morgan fingerprint density at radius 1 is 1.36 bits per heavy atom. The molecule has 3 fully saturated rings. The molecular weight excluding hydrogens is 197 g/mol. The van der Waals surface area contributed by atoms with E-state index in [1.807, 2.05) is 0 Å². The number of nitrogens with zero attached hydrogens (tertiary/aromatic N) is 1. The van der Waals surface area contributed by atoms with Gasteiger partial charge in [0, 0.05) is 25.6 Å². The van der Waals surface area contributed by atoms with E-state index in [-0.39, 0.29) is 0 Å². The SMILES string of the molecule is CO[P@]1OC[C@H]2CN1C1CCCC[C@H]12. The summed E-state index contributed by atoms with van der Waals surface area (Å²) in [6.07, 6.45) is 5.61. The van der Waals surface area contributed by atoms with Crippen molar-refractivity contribution in [3.8, 4) is 0 Å². The van der Waals surface area contributed by atoms with Crippen molar-refractivity contribution in [3.63, 3.8) is 0 Å². The fourth-order valence-electron chi connectivity index (χ4n) is 3.33. The van der Waals surface area contributed by atoms with Crippen molar-refractivity contribution < 1.29 is 9.05 Å². The molecule has 14 heavy (non-hydrogen) atoms. The van der Waals surface area contributed by atoms with Gasteiger partial charge in [-0.25, -0.2) is 4.67 Å². The van der Waals surface area contributed by atoms with Crippen LogP contribution in [0, 0.1) is 11.8 Å². The Balaban J connectivity index is 1.81. The molecule has 80 valence electrons. The zero-order valence-corrected chi connectivity index (χ0v) is 9.58. The second-order valence-corrected chi connectivity index (χ2v) is 6.23. The van der Waals surface area contributed by atoms with Crippen LogP contribution in [0.5, 0.6) is 0 Å². The minimum atomic E-state index is -0.702. The molecule has 3 nitrogen and oxygen atoms in total. The molecule has 2 saturated heterocycles. The topological polar surface area (TPSA) is 21.7 Å². The number of hydrogen-bond donors (Lipinski definition) is 0. The highest BCUT2D eigenvalue weighted by Crippen LogP contribution is 2.57. The highest BCUT2D eigenvalue weighted by atomic mass is 31.2. The van der Waals surface area contributed by atoms with Gasteiger partial charge in [0.1, 0.15) is 0 Å². The lowest BCUT2D eigenvalue weighted by atomic mass is 9.80. The Bertz CT molecular complexity index is 226. The third-order valence-electron chi connectivity index (χ3n) is 3.96. The summed E-state index contributed by atoms with van der Waals surface area (Å²) >= 11 is 0. The maximum Gasteiger partial charge on any atom is 0.258 e. The highest BCUT2D eigenvalue weighted by molar-refractivity contribution is 7.44. The summed E-state index contributed by atoms with van der Waals surface area (Å²) in [6, 6.07) is 0.780. The van der Waals surface area contributed by atoms with E-state index in [1.165, 1.54) is 32.2 Å². The summed E-state index contributed by atoms with van der Waals surface area (Å²) in [5, 5.41) is 0. The molecule has 4 heteroatoms. The maximum absolute atomic E-state index is 5.77. The van der Waals surface area contributed by atoms with E-state index >= 15 is 0 Å². The minimum Gasteiger partial charge on any atom is -0.325 e. The molecule has 5 atom stereocenters. The predicted molar refractivity (Wildman–Crippen MR) is 55.8 cm³/mol. The molecule has 1 aliphatic carbocycles. The molecular formula is C10H18NO2P. The second-order valence-electron chi connectivity index (χ2n) is 4.61. The first kappa shape index (κ1) is 9.53. The van der Waals surface area contributed by atoms with Crippen LogP contribution < -0.4 is 0 Å². The minimum absolute atomic E-state index is 0.702. The van der Waals surface area contributed by atoms with Crippen LogP contribution in [0.25, 0.3) is 0 Å². The van der Waals surface area contributed by atoms with Gasteiger partial charge in [0.05, 0.1) is 6.61 Å². The van der Waals surface area contributed by atoms with Crippen LogP contribution in [-0.4, -0.2) is 31.0 Å². The standard InChI is InChI=1S/C10H18NO2P/c1-12-14-11-6-8(7-13-14)9-4-2-3-5-10(9)11/h8-10H,2-7H2,1H3/t8-,9+,10?,14-/m1/s1. The van der Waals surface area contributed by atoms with E-state index in [0.717, 1.165) is 24.5 Å². The molecule has 1 saturated carbocycles. The van der Waals surface area contributed by atoms with Crippen LogP contribution in [0.1, 0.15) is 25.7 Å². The van der Waals surface area contributed by atoms with Crippen LogP contribution >= 0.6 is 8.53 Å². The Labute approximate surface area is 86.7 Å². The van der Waals surface area contributed by atoms with Gasteiger partial charge in [-0.1, -0.05) is 12.8 Å². The van der Waals surface area contributed by atoms with Crippen molar-refractivity contribution in [2.24, 2.45) is 11.8 Å². The van der Waals surface area contributed by atoms with Crippen molar-refractivity contribution in [2.75, 3.05) is 20.3 Å². The number of rotatable bonds is 1. The Kier molecular flexibility index (Phi) is 2.53. The Morgan fingerprint density at radius 3 is 3.07 bits per heavy atom. The monoisotopic (exact) mass is 215 g/mol. The van der Waals surface area contributed by atoms with Gasteiger partial charge in [0.2, 0.25) is 0 Å². The summed E-state index contributed by atoms with van der Waals surface area (Å²) in [5.41, 5.74) is 0. The van der Waals surface area contributed by atoms with E-state index in [4.69, 9.17) is 9.05 Å². The van der Waals surface area contributed by atoms with Crippen molar-refractivity contribution in [1.82, 2.24) is 4.67 Å². The van der Waals surface area contributed by atoms with Crippen LogP contribution in [0.2, 0.25) is 0 Å². The van der Waals surface area contributed by atoms with Gasteiger partial charge in [-0.2, -0.15) is 0 Å². The average molecular weight is 215 g/mol. The van der Waals surface area contributed by atoms with Crippen molar-refractivity contribution in [1.29, 1.82) is 0 Å². The van der Waals surface area contributed by atoms with E-state index < -0.39 is 8.53 Å². The van der Waals surface area contributed by atoms with Gasteiger partial charge in [-0.05, 0) is 18.8 Å². The fraction of sp³-hybridized carbons (Fsp3) is 1.00. The second kappa shape index (κ2) is 3.71. The summed E-state index contributed by atoms with van der Waals surface area (Å²) in [4.78, 5) is 0. The van der Waals surface area contributed by atoms with Gasteiger partial charge in [-0.3, -0.25) is 0 Å². The summed E-state index contributed by atoms with van der Waals surface area (Å²) in [6.45, 7) is 2.17. The third kappa shape index (κ3) is 1.34. The van der Waals surface area contributed by atoms with E-state index in [9.17, 15) is 0 Å². The first-order valence-electron chi connectivity index (χ1n) is 5.64. The molecule has 2 unspecified atom stereocenters. The zero-order valence-electron chi connectivity index (χ0n) is 8.69. The molecule has 0 radical (unpaired) electrons. The third-order valence-corrected chi connectivity index (χ3v) is 5.52. The normalized spacial score (nSPS) is 51.6. The van der Waals surface area contributed by atoms with Gasteiger partial charge in [0.15, 0.2) is 0 Å². The molecule has 2 aliphatic heterocycles. The quantitative estimate of drug-likeness (QED) is 0.627. The van der Waals surface area contributed by atoms with Crippen molar-refractivity contribution in [3.05, 3.63) is 0 Å². The lowest BCUT2D eigenvalue weighted by Gasteiger charge is -2.33. The molecule has 2 heterocycles. The van der Waals surface area contributed by atoms with Gasteiger partial charge in [0.25, 0.3) is 8.53 Å². The van der Waals surface area contributed by atoms with Crippen LogP contribution in [-0.2, 0) is 9.05 Å². The van der Waals surface area contributed by atoms with Crippen molar-refractivity contribution in [2.45, 2.75) is 31.7 Å². The number of hydrogen-bond acceptors (Lipinski definition) is 3. The molecule has 0 amide bonds. The predicted octanol–water partition coefficient (Wildman–Crippen LogP) is 2.38. The molecule has 0 aromatic carbocycles. The molecule has 0 aromatic heterocycles. The average Bonchev–Trinajstić information content (AvgIpc) is 2.55. The molecule has 3 rings (SSSR count). The van der Waals surface area contributed by atoms with Gasteiger partial charge < -0.3 is 9.05 Å². The molecule has 3 aliphatic rings. The van der Waals surface area contributed by atoms with E-state index in [1.54, 1.807) is 7.11 Å². The zero-order chi connectivity index (χ0) is 9.54. The van der Waals surface area contributed by atoms with Crippen molar-refractivity contribution >= 4 is 8.53 Å². The fourth-order valence-corrected chi connectivity index (χ4v) is 4.98. The van der Waals surface area contributed by atoms with Crippen LogP contribution in [0.3, 0.4) is 0 Å². The van der Waals surface area contributed by atoms with E-state index in [0.29, 0.717) is 0 Å². The smallest absolute Gasteiger partial charge is 0.258 e. The first-order chi connectivity index (χ1) is 6.90. The van der Waals surface area contributed by atoms with E-state index in [2.05, 4.69) is 4.67 Å².